The van der Waals surface area contributed by atoms with E-state index in [1.165, 1.54) is 4.57 Å². The van der Waals surface area contributed by atoms with E-state index in [-0.39, 0.29) is 29.5 Å². The fourth-order valence-corrected chi connectivity index (χ4v) is 3.87. The van der Waals surface area contributed by atoms with Crippen molar-refractivity contribution in [2.45, 2.75) is 13.8 Å². The summed E-state index contributed by atoms with van der Waals surface area (Å²) in [6, 6.07) is 4.46. The number of amides is 3. The minimum atomic E-state index is -0.642. The normalized spacial score (nSPS) is 15.6. The maximum absolute atomic E-state index is 12.7. The Bertz CT molecular complexity index is 1140. The Morgan fingerprint density at radius 3 is 2.39 bits per heavy atom. The van der Waals surface area contributed by atoms with Gasteiger partial charge in [0.2, 0.25) is 0 Å². The third-order valence-corrected chi connectivity index (χ3v) is 5.36. The summed E-state index contributed by atoms with van der Waals surface area (Å²) in [6.45, 7) is 5.57. The second kappa shape index (κ2) is 7.88. The average Bonchev–Trinajstić information content (AvgIpc) is 3.01. The molecule has 1 fully saturated rings. The third-order valence-electron chi connectivity index (χ3n) is 5.36. The number of nitrogens with one attached hydrogen (secondary N) is 1. The van der Waals surface area contributed by atoms with Gasteiger partial charge in [-0.05, 0) is 37.1 Å². The molecule has 3 N–H and O–H groups in total. The van der Waals surface area contributed by atoms with Gasteiger partial charge in [-0.1, -0.05) is 0 Å². The van der Waals surface area contributed by atoms with Gasteiger partial charge in [0.1, 0.15) is 11.6 Å². The quantitative estimate of drug-likeness (QED) is 0.665. The summed E-state index contributed by atoms with van der Waals surface area (Å²) in [4.78, 5) is 50.6. The number of carbonyl (C=O) groups is 3. The van der Waals surface area contributed by atoms with Crippen molar-refractivity contribution in [3.05, 3.63) is 50.8 Å². The van der Waals surface area contributed by atoms with E-state index in [2.05, 4.69) is 5.32 Å². The first-order chi connectivity index (χ1) is 14.8. The van der Waals surface area contributed by atoms with Crippen molar-refractivity contribution >= 4 is 23.5 Å². The molecular weight excluding hydrogens is 404 g/mol. The van der Waals surface area contributed by atoms with Crippen molar-refractivity contribution in [1.29, 1.82) is 0 Å². The van der Waals surface area contributed by atoms with E-state index < -0.39 is 17.4 Å². The number of hydrogen-bond acceptors (Lipinski definition) is 7. The zero-order chi connectivity index (χ0) is 22.3. The number of nitrogens with zero attached hydrogens (tertiary/aromatic N) is 2. The molecule has 0 saturated carbocycles. The summed E-state index contributed by atoms with van der Waals surface area (Å²) in [5.74, 6) is -0.980. The molecular formula is C21H22N4O6. The number of nitrogens with two attached hydrogens (primary N) is 1. The number of imide groups is 1. The number of rotatable bonds is 4. The molecule has 0 radical (unpaired) electrons. The second-order valence-corrected chi connectivity index (χ2v) is 7.47. The predicted molar refractivity (Wildman–Crippen MR) is 111 cm³/mol. The summed E-state index contributed by atoms with van der Waals surface area (Å²) in [5, 5.41) is 2.14. The molecule has 10 nitrogen and oxygen atoms in total. The lowest BCUT2D eigenvalue weighted by Crippen LogP contribution is -2.43. The fraction of sp³-hybridized carbons (Fsp3) is 0.333. The van der Waals surface area contributed by atoms with Crippen LogP contribution in [0.3, 0.4) is 0 Å². The number of nitrogen functional groups attached to an aromatic ring is 1. The molecule has 0 aliphatic carbocycles. The van der Waals surface area contributed by atoms with Gasteiger partial charge in [0.15, 0.2) is 6.61 Å². The standard InChI is InChI=1S/C21H22N4O6/c1-11-7-13(25-15(26)9-14-17(19(25)22)21(29)23-20(14)28)8-12(2)18(11)31-10-16(27)24-3-5-30-6-4-24/h7-9H,3-6,10,22H2,1-2H3,(H,23,28,29). The van der Waals surface area contributed by atoms with Gasteiger partial charge >= 0.3 is 0 Å². The maximum Gasteiger partial charge on any atom is 0.262 e. The van der Waals surface area contributed by atoms with Gasteiger partial charge in [0, 0.05) is 19.2 Å². The molecule has 1 saturated heterocycles. The molecule has 1 aromatic carbocycles. The van der Waals surface area contributed by atoms with Crippen LogP contribution in [0.15, 0.2) is 23.0 Å². The molecule has 31 heavy (non-hydrogen) atoms. The van der Waals surface area contributed by atoms with Gasteiger partial charge < -0.3 is 20.1 Å². The molecule has 2 aliphatic heterocycles. The van der Waals surface area contributed by atoms with Crippen molar-refractivity contribution in [1.82, 2.24) is 14.8 Å². The Kier molecular flexibility index (Phi) is 5.24. The van der Waals surface area contributed by atoms with Gasteiger partial charge in [-0.2, -0.15) is 0 Å². The van der Waals surface area contributed by atoms with Gasteiger partial charge in [-0.15, -0.1) is 0 Å². The van der Waals surface area contributed by atoms with Crippen LogP contribution >= 0.6 is 0 Å². The number of hydrogen-bond donors (Lipinski definition) is 2. The van der Waals surface area contributed by atoms with Crippen molar-refractivity contribution in [3.8, 4) is 11.4 Å². The molecule has 0 spiro atoms. The monoisotopic (exact) mass is 426 g/mol. The molecule has 2 aromatic rings. The minimum absolute atomic E-state index is 0.0173. The Balaban J connectivity index is 1.63. The highest BCUT2D eigenvalue weighted by Gasteiger charge is 2.32. The molecule has 10 heteroatoms. The number of morpholine rings is 1. The highest BCUT2D eigenvalue weighted by atomic mass is 16.5. The van der Waals surface area contributed by atoms with Crippen LogP contribution in [0, 0.1) is 13.8 Å². The van der Waals surface area contributed by atoms with Crippen LogP contribution in [-0.4, -0.2) is 60.1 Å². The topological polar surface area (TPSA) is 133 Å². The molecule has 1 aromatic heterocycles. The molecule has 4 rings (SSSR count). The molecule has 0 bridgehead atoms. The van der Waals surface area contributed by atoms with E-state index >= 15 is 0 Å². The first-order valence-corrected chi connectivity index (χ1v) is 9.79. The van der Waals surface area contributed by atoms with Crippen LogP contribution in [0.2, 0.25) is 0 Å². The van der Waals surface area contributed by atoms with Crippen LogP contribution in [0.4, 0.5) is 5.82 Å². The summed E-state index contributed by atoms with van der Waals surface area (Å²) in [5.41, 5.74) is 7.33. The van der Waals surface area contributed by atoms with Crippen molar-refractivity contribution in [2.24, 2.45) is 0 Å². The summed E-state index contributed by atoms with van der Waals surface area (Å²) >= 11 is 0. The third kappa shape index (κ3) is 3.66. The van der Waals surface area contributed by atoms with Crippen LogP contribution in [0.25, 0.3) is 5.69 Å². The molecule has 0 atom stereocenters. The van der Waals surface area contributed by atoms with E-state index in [0.717, 1.165) is 6.07 Å². The van der Waals surface area contributed by atoms with Crippen molar-refractivity contribution in [2.75, 3.05) is 38.6 Å². The minimum Gasteiger partial charge on any atom is -0.483 e. The van der Waals surface area contributed by atoms with Gasteiger partial charge in [-0.3, -0.25) is 29.1 Å². The van der Waals surface area contributed by atoms with E-state index in [1.807, 2.05) is 0 Å². The van der Waals surface area contributed by atoms with Gasteiger partial charge in [0.05, 0.1) is 30.0 Å². The largest absolute Gasteiger partial charge is 0.483 e. The zero-order valence-corrected chi connectivity index (χ0v) is 17.2. The van der Waals surface area contributed by atoms with Gasteiger partial charge in [-0.25, -0.2) is 0 Å². The van der Waals surface area contributed by atoms with Crippen molar-refractivity contribution < 1.29 is 23.9 Å². The van der Waals surface area contributed by atoms with E-state index in [4.69, 9.17) is 15.2 Å². The Labute approximate surface area is 177 Å². The number of aryl methyl sites for hydroxylation is 2. The van der Waals surface area contributed by atoms with E-state index in [9.17, 15) is 19.2 Å². The average molecular weight is 426 g/mol. The fourth-order valence-electron chi connectivity index (χ4n) is 3.87. The Hall–Kier alpha value is -3.66. The van der Waals surface area contributed by atoms with Gasteiger partial charge in [0.25, 0.3) is 23.3 Å². The smallest absolute Gasteiger partial charge is 0.262 e. The lowest BCUT2D eigenvalue weighted by atomic mass is 10.1. The summed E-state index contributed by atoms with van der Waals surface area (Å²) < 4.78 is 12.2. The molecule has 3 amide bonds. The summed E-state index contributed by atoms with van der Waals surface area (Å²) in [7, 11) is 0. The van der Waals surface area contributed by atoms with Crippen LogP contribution in [-0.2, 0) is 9.53 Å². The number of ether oxygens (including phenoxy) is 2. The Morgan fingerprint density at radius 2 is 1.74 bits per heavy atom. The second-order valence-electron chi connectivity index (χ2n) is 7.47. The molecule has 3 heterocycles. The lowest BCUT2D eigenvalue weighted by Gasteiger charge is -2.27. The first-order valence-electron chi connectivity index (χ1n) is 9.79. The van der Waals surface area contributed by atoms with Crippen LogP contribution < -0.4 is 21.3 Å². The summed E-state index contributed by atoms with van der Waals surface area (Å²) in [6.07, 6.45) is 0. The van der Waals surface area contributed by atoms with Crippen LogP contribution in [0.5, 0.6) is 5.75 Å². The highest BCUT2D eigenvalue weighted by Crippen LogP contribution is 2.29. The molecule has 0 unspecified atom stereocenters. The number of anilines is 1. The number of aromatic nitrogens is 1. The number of fused-ring (bicyclic) bond motifs is 1. The number of pyridine rings is 1. The SMILES string of the molecule is Cc1cc(-n2c(N)c3c(cc2=O)C(=O)NC3=O)cc(C)c1OCC(=O)N1CCOCC1. The number of benzene rings is 1. The van der Waals surface area contributed by atoms with Crippen molar-refractivity contribution in [3.63, 3.8) is 0 Å². The Morgan fingerprint density at radius 1 is 1.10 bits per heavy atom. The predicted octanol–water partition coefficient (Wildman–Crippen LogP) is 0.158. The molecule has 2 aliphatic rings. The van der Waals surface area contributed by atoms with E-state index in [0.29, 0.717) is 48.9 Å². The molecule has 162 valence electrons. The maximum atomic E-state index is 12.7. The first kappa shape index (κ1) is 20.6. The highest BCUT2D eigenvalue weighted by molar-refractivity contribution is 6.23. The van der Waals surface area contributed by atoms with Crippen LogP contribution in [0.1, 0.15) is 31.8 Å². The zero-order valence-electron chi connectivity index (χ0n) is 17.2. The lowest BCUT2D eigenvalue weighted by molar-refractivity contribution is -0.137. The number of carbonyl (C=O) groups excluding carboxylic acids is 3. The van der Waals surface area contributed by atoms with E-state index in [1.54, 1.807) is 30.9 Å².